The van der Waals surface area contributed by atoms with Crippen molar-refractivity contribution < 1.29 is 4.39 Å². The molecule has 2 heterocycles. The minimum Gasteiger partial charge on any atom is -0.362 e. The summed E-state index contributed by atoms with van der Waals surface area (Å²) in [5.74, 6) is -0.201. The Bertz CT molecular complexity index is 1630. The van der Waals surface area contributed by atoms with E-state index in [1.54, 1.807) is 6.07 Å². The summed E-state index contributed by atoms with van der Waals surface area (Å²) in [4.78, 5) is 15.2. The van der Waals surface area contributed by atoms with E-state index in [4.69, 9.17) is 0 Å². The van der Waals surface area contributed by atoms with Gasteiger partial charge in [0.2, 0.25) is 0 Å². The number of hydrogen-bond donors (Lipinski definition) is 2. The van der Waals surface area contributed by atoms with Gasteiger partial charge in [-0.05, 0) is 98.5 Å². The molecule has 0 spiro atoms. The number of aromatic nitrogens is 1. The van der Waals surface area contributed by atoms with E-state index in [-0.39, 0.29) is 11.2 Å². The van der Waals surface area contributed by atoms with Gasteiger partial charge < -0.3 is 10.3 Å². The van der Waals surface area contributed by atoms with Gasteiger partial charge in [-0.15, -0.1) is 9.24 Å². The second-order valence-electron chi connectivity index (χ2n) is 9.63. The largest absolute Gasteiger partial charge is 0.362 e. The lowest BCUT2D eigenvalue weighted by atomic mass is 9.83. The van der Waals surface area contributed by atoms with E-state index in [1.807, 2.05) is 96.3 Å². The minimum absolute atomic E-state index is 0.166. The number of pyridine rings is 1. The van der Waals surface area contributed by atoms with Crippen molar-refractivity contribution >= 4 is 31.8 Å². The number of nitrogens with one attached hydrogen (secondary N) is 2. The molecule has 1 atom stereocenters. The number of fused-ring (bicyclic) bond motifs is 1. The SMILES string of the molecule is C=C1NC=CC=C1/C(=C(/C)C(=C)P)c1c(C)cc(F)c(/C=C\C)c1C.CCc1c(C)[nH]c2ccccc2c1=O. The van der Waals surface area contributed by atoms with E-state index in [9.17, 15) is 9.18 Å². The molecule has 0 saturated heterocycles. The fourth-order valence-corrected chi connectivity index (χ4v) is 5.07. The summed E-state index contributed by atoms with van der Waals surface area (Å²) >= 11 is 0. The zero-order chi connectivity index (χ0) is 28.9. The second kappa shape index (κ2) is 12.9. The van der Waals surface area contributed by atoms with Gasteiger partial charge in [0.1, 0.15) is 5.82 Å². The van der Waals surface area contributed by atoms with Crippen molar-refractivity contribution in [3.63, 3.8) is 0 Å². The normalized spacial score (nSPS) is 13.5. The first-order valence-electron chi connectivity index (χ1n) is 13.0. The lowest BCUT2D eigenvalue weighted by molar-refractivity contribution is 0.622. The van der Waals surface area contributed by atoms with E-state index >= 15 is 0 Å². The Kier molecular flexibility index (Phi) is 9.83. The molecule has 5 heteroatoms. The molecule has 0 fully saturated rings. The number of aromatic amines is 1. The van der Waals surface area contributed by atoms with Crippen LogP contribution in [0.25, 0.3) is 22.6 Å². The van der Waals surface area contributed by atoms with Crippen LogP contribution in [0.2, 0.25) is 0 Å². The molecule has 1 unspecified atom stereocenters. The van der Waals surface area contributed by atoms with Crippen molar-refractivity contribution in [2.24, 2.45) is 0 Å². The van der Waals surface area contributed by atoms with Crippen LogP contribution in [0.5, 0.6) is 0 Å². The van der Waals surface area contributed by atoms with Crippen molar-refractivity contribution in [1.29, 1.82) is 0 Å². The number of halogens is 1. The fourth-order valence-electron chi connectivity index (χ4n) is 4.92. The molecule has 4 rings (SSSR count). The maximum Gasteiger partial charge on any atom is 0.192 e. The average molecular weight is 541 g/mol. The van der Waals surface area contributed by atoms with Crippen molar-refractivity contribution in [3.8, 4) is 0 Å². The number of benzene rings is 2. The van der Waals surface area contributed by atoms with E-state index in [1.165, 1.54) is 0 Å². The Morgan fingerprint density at radius 2 is 1.87 bits per heavy atom. The van der Waals surface area contributed by atoms with E-state index in [0.29, 0.717) is 5.56 Å². The summed E-state index contributed by atoms with van der Waals surface area (Å²) in [7, 11) is 2.66. The van der Waals surface area contributed by atoms with E-state index in [2.05, 4.69) is 32.7 Å². The maximum atomic E-state index is 14.5. The first kappa shape index (κ1) is 29.8. The number of dihydropyridines is 1. The predicted octanol–water partition coefficient (Wildman–Crippen LogP) is 8.59. The van der Waals surface area contributed by atoms with Crippen LogP contribution >= 0.6 is 9.24 Å². The van der Waals surface area contributed by atoms with Crippen LogP contribution in [0.3, 0.4) is 0 Å². The van der Waals surface area contributed by atoms with Gasteiger partial charge in [-0.2, -0.15) is 0 Å². The highest BCUT2D eigenvalue weighted by atomic mass is 31.0. The first-order valence-corrected chi connectivity index (χ1v) is 13.6. The van der Waals surface area contributed by atoms with Gasteiger partial charge in [-0.3, -0.25) is 4.79 Å². The van der Waals surface area contributed by atoms with Gasteiger partial charge in [0.15, 0.2) is 5.43 Å². The Balaban J connectivity index is 0.000000252. The summed E-state index contributed by atoms with van der Waals surface area (Å²) in [5.41, 5.74) is 10.3. The maximum absolute atomic E-state index is 14.5. The lowest BCUT2D eigenvalue weighted by Crippen LogP contribution is -2.13. The third-order valence-electron chi connectivity index (χ3n) is 7.00. The monoisotopic (exact) mass is 540 g/mol. The number of para-hydroxylation sites is 1. The standard InChI is InChI=1S/C22H25FNP.C12H13NO/c1-7-9-18-15(4)21(13(2)12-20(18)23)22(14(3)17(6)25)19-10-8-11-24-16(19)5;1-3-9-8(2)13-11-7-5-4-6-10(11)12(9)14/h7-12,24H,5-6,25H2,1-4H3;4-7H,3H2,1-2H3,(H,13,14)/b9-7-,22-14+;. The quantitative estimate of drug-likeness (QED) is 0.251. The number of hydrogen-bond acceptors (Lipinski definition) is 2. The summed E-state index contributed by atoms with van der Waals surface area (Å²) in [6, 6.07) is 9.23. The molecule has 0 saturated carbocycles. The highest BCUT2D eigenvalue weighted by Gasteiger charge is 2.22. The molecule has 1 aliphatic heterocycles. The molecule has 2 N–H and O–H groups in total. The molecule has 0 radical (unpaired) electrons. The van der Waals surface area contributed by atoms with E-state index < -0.39 is 0 Å². The van der Waals surface area contributed by atoms with E-state index in [0.717, 1.165) is 73.0 Å². The molecular weight excluding hydrogens is 502 g/mol. The van der Waals surface area contributed by atoms with Gasteiger partial charge in [0.25, 0.3) is 0 Å². The molecule has 0 bridgehead atoms. The van der Waals surface area contributed by atoms with Gasteiger partial charge in [-0.1, -0.05) is 50.4 Å². The average Bonchev–Trinajstić information content (AvgIpc) is 2.90. The van der Waals surface area contributed by atoms with Gasteiger partial charge in [0.05, 0.1) is 0 Å². The van der Waals surface area contributed by atoms with Gasteiger partial charge in [0, 0.05) is 45.2 Å². The topological polar surface area (TPSA) is 44.9 Å². The zero-order valence-corrected chi connectivity index (χ0v) is 24.9. The Morgan fingerprint density at radius 3 is 2.49 bits per heavy atom. The molecule has 2 aromatic carbocycles. The third kappa shape index (κ3) is 6.29. The fraction of sp³-hybridized carbons (Fsp3) is 0.206. The molecule has 202 valence electrons. The Hall–Kier alpha value is -3.75. The van der Waals surface area contributed by atoms with Gasteiger partial charge >= 0.3 is 0 Å². The number of rotatable bonds is 5. The Labute approximate surface area is 233 Å². The van der Waals surface area contributed by atoms with Crippen molar-refractivity contribution in [3.05, 3.63) is 140 Å². The Morgan fingerprint density at radius 1 is 1.18 bits per heavy atom. The van der Waals surface area contributed by atoms with Gasteiger partial charge in [-0.25, -0.2) is 4.39 Å². The molecule has 39 heavy (non-hydrogen) atoms. The number of H-pyrrole nitrogens is 1. The van der Waals surface area contributed by atoms with Crippen LogP contribution < -0.4 is 10.7 Å². The first-order chi connectivity index (χ1) is 18.5. The molecule has 0 aliphatic carbocycles. The summed E-state index contributed by atoms with van der Waals surface area (Å²) in [6.45, 7) is 20.0. The van der Waals surface area contributed by atoms with Crippen molar-refractivity contribution in [1.82, 2.24) is 10.3 Å². The van der Waals surface area contributed by atoms with Crippen molar-refractivity contribution in [2.45, 2.75) is 48.0 Å². The van der Waals surface area contributed by atoms with Crippen LogP contribution in [-0.2, 0) is 6.42 Å². The molecular formula is C34H38FN2OP. The smallest absolute Gasteiger partial charge is 0.192 e. The van der Waals surface area contributed by atoms with Crippen molar-refractivity contribution in [2.75, 3.05) is 0 Å². The molecule has 1 aromatic heterocycles. The molecule has 1 aliphatic rings. The summed E-state index contributed by atoms with van der Waals surface area (Å²) in [5, 5.41) is 4.85. The minimum atomic E-state index is -0.201. The lowest BCUT2D eigenvalue weighted by Gasteiger charge is -2.24. The summed E-state index contributed by atoms with van der Waals surface area (Å²) in [6.07, 6.45) is 10.3. The number of aryl methyl sites for hydroxylation is 2. The van der Waals surface area contributed by atoms with Crippen LogP contribution in [0.4, 0.5) is 4.39 Å². The van der Waals surface area contributed by atoms with Crippen LogP contribution in [0.15, 0.2) is 94.9 Å². The van der Waals surface area contributed by atoms with Crippen LogP contribution in [0, 0.1) is 26.6 Å². The molecule has 3 aromatic rings. The summed E-state index contributed by atoms with van der Waals surface area (Å²) < 4.78 is 14.5. The molecule has 0 amide bonds. The third-order valence-corrected chi connectivity index (χ3v) is 7.43. The predicted molar refractivity (Wildman–Crippen MR) is 170 cm³/mol. The molecule has 3 nitrogen and oxygen atoms in total. The zero-order valence-electron chi connectivity index (χ0n) is 23.8. The second-order valence-corrected chi connectivity index (χ2v) is 10.3. The van der Waals surface area contributed by atoms with Crippen LogP contribution in [-0.4, -0.2) is 4.98 Å². The van der Waals surface area contributed by atoms with Crippen LogP contribution in [0.1, 0.15) is 54.3 Å². The number of allylic oxidation sites excluding steroid dienone is 6. The highest BCUT2D eigenvalue weighted by molar-refractivity contribution is 7.23. The highest BCUT2D eigenvalue weighted by Crippen LogP contribution is 2.39.